The quantitative estimate of drug-likeness (QED) is 0.715. The molecular weight excluding hydrogens is 217 g/mol. The Morgan fingerprint density at radius 1 is 1.38 bits per heavy atom. The highest BCUT2D eigenvalue weighted by molar-refractivity contribution is 4.79. The molecule has 96 valence electrons. The van der Waals surface area contributed by atoms with E-state index in [4.69, 9.17) is 0 Å². The fraction of sp³-hybridized carbons (Fsp3) is 1.00. The molecule has 0 saturated carbocycles. The van der Waals surface area contributed by atoms with E-state index in [1.54, 1.807) is 0 Å². The smallest absolute Gasteiger partial charge is 0.315 e. The van der Waals surface area contributed by atoms with Gasteiger partial charge in [-0.2, -0.15) is 13.2 Å². The Morgan fingerprint density at radius 3 is 2.75 bits per heavy atom. The van der Waals surface area contributed by atoms with Crippen molar-refractivity contribution in [1.82, 2.24) is 10.2 Å². The number of hydrogen-bond acceptors (Lipinski definition) is 2. The van der Waals surface area contributed by atoms with Crippen LogP contribution in [0.1, 0.15) is 32.6 Å². The lowest BCUT2D eigenvalue weighted by molar-refractivity contribution is -0.135. The molecule has 1 aliphatic rings. The van der Waals surface area contributed by atoms with E-state index in [1.807, 2.05) is 0 Å². The van der Waals surface area contributed by atoms with Crippen molar-refractivity contribution < 1.29 is 13.2 Å². The Labute approximate surface area is 95.2 Å². The number of nitrogens with zero attached hydrogens (tertiary/aromatic N) is 1. The summed E-state index contributed by atoms with van der Waals surface area (Å²) in [7, 11) is 0. The topological polar surface area (TPSA) is 15.3 Å². The molecule has 1 rings (SSSR count). The first-order chi connectivity index (χ1) is 7.53. The van der Waals surface area contributed by atoms with E-state index < -0.39 is 12.6 Å². The fourth-order valence-corrected chi connectivity index (χ4v) is 2.23. The summed E-state index contributed by atoms with van der Waals surface area (Å²) < 4.78 is 35.6. The third-order valence-electron chi connectivity index (χ3n) is 3.10. The van der Waals surface area contributed by atoms with Crippen molar-refractivity contribution in [3.8, 4) is 0 Å². The fourth-order valence-electron chi connectivity index (χ4n) is 2.23. The van der Waals surface area contributed by atoms with E-state index in [0.29, 0.717) is 12.6 Å². The first-order valence-corrected chi connectivity index (χ1v) is 6.04. The number of nitrogens with one attached hydrogen (secondary N) is 1. The SMILES string of the molecule is CCN1CCCC1CNCCCC(F)(F)F. The normalized spacial score (nSPS) is 22.9. The van der Waals surface area contributed by atoms with Crippen molar-refractivity contribution >= 4 is 0 Å². The summed E-state index contributed by atoms with van der Waals surface area (Å²) in [4.78, 5) is 2.39. The van der Waals surface area contributed by atoms with Crippen molar-refractivity contribution in [3.63, 3.8) is 0 Å². The summed E-state index contributed by atoms with van der Waals surface area (Å²) in [5, 5.41) is 3.12. The number of rotatable bonds is 6. The van der Waals surface area contributed by atoms with Gasteiger partial charge in [0.25, 0.3) is 0 Å². The second-order valence-corrected chi connectivity index (χ2v) is 4.35. The monoisotopic (exact) mass is 238 g/mol. The molecule has 0 radical (unpaired) electrons. The van der Waals surface area contributed by atoms with Crippen molar-refractivity contribution in [2.24, 2.45) is 0 Å². The maximum absolute atomic E-state index is 11.9. The van der Waals surface area contributed by atoms with Gasteiger partial charge in [-0.25, -0.2) is 0 Å². The predicted molar refractivity (Wildman–Crippen MR) is 58.4 cm³/mol. The maximum atomic E-state index is 11.9. The van der Waals surface area contributed by atoms with Gasteiger partial charge in [0.15, 0.2) is 0 Å². The average molecular weight is 238 g/mol. The van der Waals surface area contributed by atoms with Crippen LogP contribution in [0.25, 0.3) is 0 Å². The van der Waals surface area contributed by atoms with E-state index >= 15 is 0 Å². The van der Waals surface area contributed by atoms with Gasteiger partial charge >= 0.3 is 6.18 Å². The molecule has 0 bridgehead atoms. The molecule has 0 aromatic heterocycles. The third-order valence-corrected chi connectivity index (χ3v) is 3.10. The summed E-state index contributed by atoms with van der Waals surface area (Å²) in [6.07, 6.45) is -2.13. The summed E-state index contributed by atoms with van der Waals surface area (Å²) in [6, 6.07) is 0.524. The third kappa shape index (κ3) is 5.16. The molecule has 1 N–H and O–H groups in total. The second kappa shape index (κ2) is 6.45. The first-order valence-electron chi connectivity index (χ1n) is 6.04. The van der Waals surface area contributed by atoms with Crippen molar-refractivity contribution in [2.75, 3.05) is 26.2 Å². The maximum Gasteiger partial charge on any atom is 0.389 e. The van der Waals surface area contributed by atoms with Gasteiger partial charge in [0.2, 0.25) is 0 Å². The Hall–Kier alpha value is -0.290. The minimum atomic E-state index is -4.01. The summed E-state index contributed by atoms with van der Waals surface area (Å²) in [6.45, 7) is 5.58. The molecule has 1 atom stereocenters. The summed E-state index contributed by atoms with van der Waals surface area (Å²) in [5.41, 5.74) is 0. The van der Waals surface area contributed by atoms with Gasteiger partial charge < -0.3 is 5.32 Å². The van der Waals surface area contributed by atoms with Crippen LogP contribution >= 0.6 is 0 Å². The Kier molecular flexibility index (Phi) is 5.55. The van der Waals surface area contributed by atoms with Gasteiger partial charge in [0, 0.05) is 19.0 Å². The molecule has 0 spiro atoms. The molecular formula is C11H21F3N2. The highest BCUT2D eigenvalue weighted by atomic mass is 19.4. The molecule has 1 fully saturated rings. The average Bonchev–Trinajstić information content (AvgIpc) is 2.63. The van der Waals surface area contributed by atoms with E-state index in [9.17, 15) is 13.2 Å². The lowest BCUT2D eigenvalue weighted by Gasteiger charge is -2.23. The van der Waals surface area contributed by atoms with Crippen molar-refractivity contribution in [1.29, 1.82) is 0 Å². The molecule has 5 heteroatoms. The van der Waals surface area contributed by atoms with Crippen LogP contribution in [0.15, 0.2) is 0 Å². The Morgan fingerprint density at radius 2 is 2.12 bits per heavy atom. The largest absolute Gasteiger partial charge is 0.389 e. The lowest BCUT2D eigenvalue weighted by atomic mass is 10.2. The summed E-state index contributed by atoms with van der Waals surface area (Å²) in [5.74, 6) is 0. The van der Waals surface area contributed by atoms with Crippen LogP contribution in [-0.2, 0) is 0 Å². The molecule has 0 aromatic carbocycles. The van der Waals surface area contributed by atoms with Crippen molar-refractivity contribution in [2.45, 2.75) is 44.8 Å². The number of halogens is 3. The number of likely N-dealkylation sites (N-methyl/N-ethyl adjacent to an activating group) is 1. The minimum absolute atomic E-state index is 0.183. The van der Waals surface area contributed by atoms with Crippen LogP contribution in [0.4, 0.5) is 13.2 Å². The standard InChI is InChI=1S/C11H21F3N2/c1-2-16-8-3-5-10(16)9-15-7-4-6-11(12,13)14/h10,15H,2-9H2,1H3. The molecule has 16 heavy (non-hydrogen) atoms. The molecule has 1 heterocycles. The van der Waals surface area contributed by atoms with Crippen LogP contribution in [0, 0.1) is 0 Å². The first kappa shape index (κ1) is 13.8. The highest BCUT2D eigenvalue weighted by Crippen LogP contribution is 2.20. The van der Waals surface area contributed by atoms with Crippen LogP contribution in [0.2, 0.25) is 0 Å². The van der Waals surface area contributed by atoms with E-state index in [2.05, 4.69) is 17.1 Å². The van der Waals surface area contributed by atoms with Crippen LogP contribution in [0.3, 0.4) is 0 Å². The number of alkyl halides is 3. The van der Waals surface area contributed by atoms with Gasteiger partial charge in [0.1, 0.15) is 0 Å². The van der Waals surface area contributed by atoms with E-state index in [-0.39, 0.29) is 6.42 Å². The van der Waals surface area contributed by atoms with Gasteiger partial charge in [-0.3, -0.25) is 4.90 Å². The highest BCUT2D eigenvalue weighted by Gasteiger charge is 2.26. The lowest BCUT2D eigenvalue weighted by Crippen LogP contribution is -2.38. The van der Waals surface area contributed by atoms with Gasteiger partial charge in [-0.15, -0.1) is 0 Å². The van der Waals surface area contributed by atoms with Gasteiger partial charge in [-0.1, -0.05) is 6.92 Å². The zero-order valence-electron chi connectivity index (χ0n) is 9.82. The molecule has 0 amide bonds. The number of likely N-dealkylation sites (tertiary alicyclic amines) is 1. The van der Waals surface area contributed by atoms with E-state index in [0.717, 1.165) is 19.6 Å². The van der Waals surface area contributed by atoms with Gasteiger partial charge in [0.05, 0.1) is 0 Å². The second-order valence-electron chi connectivity index (χ2n) is 4.35. The molecule has 1 unspecified atom stereocenters. The molecule has 2 nitrogen and oxygen atoms in total. The molecule has 0 aromatic rings. The zero-order chi connectivity index (χ0) is 12.0. The zero-order valence-corrected chi connectivity index (χ0v) is 9.82. The Balaban J connectivity index is 2.03. The minimum Gasteiger partial charge on any atom is -0.315 e. The predicted octanol–water partition coefficient (Wildman–Crippen LogP) is 2.40. The van der Waals surface area contributed by atoms with Crippen LogP contribution < -0.4 is 5.32 Å². The summed E-state index contributed by atoms with van der Waals surface area (Å²) >= 11 is 0. The Bertz CT molecular complexity index is 194. The van der Waals surface area contributed by atoms with E-state index in [1.165, 1.54) is 12.8 Å². The molecule has 0 aliphatic carbocycles. The van der Waals surface area contributed by atoms with Gasteiger partial charge in [-0.05, 0) is 38.9 Å². The van der Waals surface area contributed by atoms with Crippen LogP contribution in [-0.4, -0.2) is 43.3 Å². The molecule has 1 aliphatic heterocycles. The van der Waals surface area contributed by atoms with Crippen molar-refractivity contribution in [3.05, 3.63) is 0 Å². The molecule has 1 saturated heterocycles. The number of hydrogen-bond donors (Lipinski definition) is 1. The van der Waals surface area contributed by atoms with Crippen LogP contribution in [0.5, 0.6) is 0 Å².